The summed E-state index contributed by atoms with van der Waals surface area (Å²) >= 11 is 12.1. The van der Waals surface area contributed by atoms with Crippen LogP contribution in [0, 0.1) is 13.8 Å². The summed E-state index contributed by atoms with van der Waals surface area (Å²) in [6.07, 6.45) is 1.79. The average molecular weight is 546 g/mol. The monoisotopic (exact) mass is 545 g/mol. The predicted molar refractivity (Wildman–Crippen MR) is 155 cm³/mol. The highest BCUT2D eigenvalue weighted by molar-refractivity contribution is 7.80. The van der Waals surface area contributed by atoms with Crippen LogP contribution in [0.2, 0.25) is 5.02 Å². The first-order valence-electron chi connectivity index (χ1n) is 12.2. The number of carbonyl (C=O) groups is 1. The van der Waals surface area contributed by atoms with Crippen LogP contribution in [0.25, 0.3) is 5.69 Å². The highest BCUT2D eigenvalue weighted by Gasteiger charge is 2.42. The number of aromatic nitrogens is 2. The van der Waals surface area contributed by atoms with E-state index >= 15 is 0 Å². The maximum atomic E-state index is 11.9. The van der Waals surface area contributed by atoms with E-state index in [0.717, 1.165) is 34.0 Å². The maximum Gasteiger partial charge on any atom is 0.221 e. The Morgan fingerprint density at radius 1 is 1.08 bits per heavy atom. The Morgan fingerprint density at radius 3 is 2.47 bits per heavy atom. The summed E-state index contributed by atoms with van der Waals surface area (Å²) in [6.45, 7) is 5.68. The Morgan fingerprint density at radius 2 is 1.82 bits per heavy atom. The Hall–Kier alpha value is -3.88. The zero-order chi connectivity index (χ0) is 27.0. The van der Waals surface area contributed by atoms with Gasteiger partial charge in [0.25, 0.3) is 0 Å². The minimum Gasteiger partial charge on any atom is -0.495 e. The first kappa shape index (κ1) is 25.8. The van der Waals surface area contributed by atoms with Crippen molar-refractivity contribution < 1.29 is 9.53 Å². The second kappa shape index (κ2) is 10.5. The summed E-state index contributed by atoms with van der Waals surface area (Å²) in [5, 5.41) is 7.64. The molecule has 38 heavy (non-hydrogen) atoms. The molecule has 4 aromatic rings. The number of anilines is 2. The van der Waals surface area contributed by atoms with Crippen molar-refractivity contribution in [3.63, 3.8) is 0 Å². The van der Waals surface area contributed by atoms with Crippen LogP contribution in [-0.2, 0) is 4.79 Å². The van der Waals surface area contributed by atoms with Crippen LogP contribution in [0.3, 0.4) is 0 Å². The fourth-order valence-electron chi connectivity index (χ4n) is 5.16. The Labute approximate surface area is 232 Å². The van der Waals surface area contributed by atoms with Crippen molar-refractivity contribution in [2.75, 3.05) is 17.3 Å². The molecule has 3 heterocycles. The van der Waals surface area contributed by atoms with Gasteiger partial charge in [-0.25, -0.2) is 0 Å². The van der Waals surface area contributed by atoms with Gasteiger partial charge in [0.05, 0.1) is 30.6 Å². The van der Waals surface area contributed by atoms with Gasteiger partial charge in [-0.05, 0) is 92.3 Å². The van der Waals surface area contributed by atoms with Crippen LogP contribution >= 0.6 is 23.8 Å². The number of carbonyl (C=O) groups excluding carboxylic acids is 1. The minimum atomic E-state index is -0.205. The second-order valence-corrected chi connectivity index (χ2v) is 10.0. The summed E-state index contributed by atoms with van der Waals surface area (Å²) < 4.78 is 7.70. The van der Waals surface area contributed by atoms with Crippen LogP contribution in [0.15, 0.2) is 72.9 Å². The number of hydrogen-bond acceptors (Lipinski definition) is 4. The molecule has 1 amide bonds. The smallest absolute Gasteiger partial charge is 0.221 e. The number of hydrogen-bond donors (Lipinski definition) is 2. The summed E-state index contributed by atoms with van der Waals surface area (Å²) in [4.78, 5) is 18.7. The zero-order valence-corrected chi connectivity index (χ0v) is 23.1. The number of halogens is 1. The molecule has 1 fully saturated rings. The highest BCUT2D eigenvalue weighted by atomic mass is 35.5. The number of methoxy groups -OCH3 is 1. The van der Waals surface area contributed by atoms with Gasteiger partial charge >= 0.3 is 0 Å². The zero-order valence-electron chi connectivity index (χ0n) is 21.5. The van der Waals surface area contributed by atoms with Crippen molar-refractivity contribution in [2.45, 2.75) is 32.9 Å². The molecule has 7 nitrogen and oxygen atoms in total. The molecule has 2 aromatic heterocycles. The Kier molecular flexibility index (Phi) is 7.10. The molecule has 2 atom stereocenters. The molecule has 0 radical (unpaired) electrons. The minimum absolute atomic E-state index is 0.183. The molecule has 0 aliphatic carbocycles. The molecular formula is C29H28ClN5O2S. The van der Waals surface area contributed by atoms with Crippen molar-refractivity contribution in [1.29, 1.82) is 0 Å². The molecule has 0 spiro atoms. The van der Waals surface area contributed by atoms with Gasteiger partial charge in [-0.1, -0.05) is 17.7 Å². The molecule has 5 rings (SSSR count). The van der Waals surface area contributed by atoms with E-state index in [9.17, 15) is 4.79 Å². The lowest BCUT2D eigenvalue weighted by Crippen LogP contribution is -2.29. The number of nitrogens with one attached hydrogen (secondary N) is 2. The van der Waals surface area contributed by atoms with Gasteiger partial charge in [0.1, 0.15) is 5.75 Å². The average Bonchev–Trinajstić information content (AvgIpc) is 3.39. The maximum absolute atomic E-state index is 11.9. The number of amides is 1. The third-order valence-corrected chi connectivity index (χ3v) is 7.31. The number of nitrogens with zero attached hydrogens (tertiary/aromatic N) is 3. The molecule has 9 heteroatoms. The summed E-state index contributed by atoms with van der Waals surface area (Å²) in [7, 11) is 1.58. The molecular weight excluding hydrogens is 518 g/mol. The number of aryl methyl sites for hydroxylation is 1. The highest BCUT2D eigenvalue weighted by Crippen LogP contribution is 2.45. The van der Waals surface area contributed by atoms with Crippen molar-refractivity contribution >= 4 is 46.2 Å². The van der Waals surface area contributed by atoms with E-state index in [0.29, 0.717) is 21.6 Å². The van der Waals surface area contributed by atoms with Crippen molar-refractivity contribution in [1.82, 2.24) is 14.9 Å². The van der Waals surface area contributed by atoms with Gasteiger partial charge < -0.3 is 24.8 Å². The number of benzene rings is 2. The van der Waals surface area contributed by atoms with E-state index in [2.05, 4.69) is 45.0 Å². The molecule has 2 unspecified atom stereocenters. The normalized spacial score (nSPS) is 16.9. The van der Waals surface area contributed by atoms with E-state index in [1.807, 2.05) is 60.7 Å². The second-order valence-electron chi connectivity index (χ2n) is 9.20. The topological polar surface area (TPSA) is 71.4 Å². The quantitative estimate of drug-likeness (QED) is 0.278. The van der Waals surface area contributed by atoms with Gasteiger partial charge in [0, 0.05) is 40.9 Å². The van der Waals surface area contributed by atoms with E-state index in [1.165, 1.54) is 6.92 Å². The molecule has 194 valence electrons. The van der Waals surface area contributed by atoms with Gasteiger partial charge in [-0.2, -0.15) is 0 Å². The number of thiocarbonyl (C=S) groups is 1. The van der Waals surface area contributed by atoms with Crippen LogP contribution in [0.5, 0.6) is 5.75 Å². The van der Waals surface area contributed by atoms with Crippen LogP contribution in [-0.4, -0.2) is 27.7 Å². The number of pyridine rings is 1. The largest absolute Gasteiger partial charge is 0.495 e. The first-order chi connectivity index (χ1) is 18.3. The molecule has 1 aliphatic rings. The predicted octanol–water partition coefficient (Wildman–Crippen LogP) is 6.29. The Bertz CT molecular complexity index is 1500. The Balaban J connectivity index is 1.67. The van der Waals surface area contributed by atoms with Gasteiger partial charge in [0.2, 0.25) is 5.91 Å². The SMILES string of the molecule is COc1ccc(N2C(=S)NC(c3ccccn3)C2c2cc(C)n(-c3ccc(Cl)cc3)c2C)cc1NC(C)=O. The first-order valence-corrected chi connectivity index (χ1v) is 13.0. The molecule has 1 aliphatic heterocycles. The van der Waals surface area contributed by atoms with Crippen molar-refractivity contribution in [3.05, 3.63) is 101 Å². The van der Waals surface area contributed by atoms with Crippen molar-refractivity contribution in [2.24, 2.45) is 0 Å². The summed E-state index contributed by atoms with van der Waals surface area (Å²) in [5.74, 6) is 0.387. The molecule has 0 saturated carbocycles. The summed E-state index contributed by atoms with van der Waals surface area (Å²) in [5.41, 5.74) is 6.60. The van der Waals surface area contributed by atoms with Gasteiger partial charge in [-0.3, -0.25) is 9.78 Å². The van der Waals surface area contributed by atoms with E-state index < -0.39 is 0 Å². The van der Waals surface area contributed by atoms with Crippen LogP contribution in [0.1, 0.15) is 41.7 Å². The molecule has 2 aromatic carbocycles. The lowest BCUT2D eigenvalue weighted by atomic mass is 9.96. The van der Waals surface area contributed by atoms with Crippen molar-refractivity contribution in [3.8, 4) is 11.4 Å². The number of rotatable bonds is 6. The lowest BCUT2D eigenvalue weighted by molar-refractivity contribution is -0.114. The van der Waals surface area contributed by atoms with E-state index in [1.54, 1.807) is 13.3 Å². The van der Waals surface area contributed by atoms with Crippen LogP contribution < -0.4 is 20.3 Å². The van der Waals surface area contributed by atoms with Gasteiger partial charge in [-0.15, -0.1) is 0 Å². The van der Waals surface area contributed by atoms with Crippen LogP contribution in [0.4, 0.5) is 11.4 Å². The third kappa shape index (κ3) is 4.73. The standard InChI is InChI=1S/C29H28ClN5O2S/c1-17-15-23(18(2)34(17)21-10-8-20(30)9-11-21)28-27(24-7-5-6-14-31-24)33-29(38)35(28)22-12-13-26(37-4)25(16-22)32-19(3)36/h5-16,27-28H,1-4H3,(H,32,36)(H,33,38). The van der Waals surface area contributed by atoms with Gasteiger partial charge in [0.15, 0.2) is 5.11 Å². The van der Waals surface area contributed by atoms with E-state index in [4.69, 9.17) is 28.6 Å². The molecule has 2 N–H and O–H groups in total. The molecule has 0 bridgehead atoms. The lowest BCUT2D eigenvalue weighted by Gasteiger charge is -2.29. The fourth-order valence-corrected chi connectivity index (χ4v) is 5.63. The molecule has 1 saturated heterocycles. The summed E-state index contributed by atoms with van der Waals surface area (Å²) in [6, 6.07) is 21.2. The fraction of sp³-hybridized carbons (Fsp3) is 0.207. The number of ether oxygens (including phenoxy) is 1. The van der Waals surface area contributed by atoms with E-state index in [-0.39, 0.29) is 18.0 Å². The third-order valence-electron chi connectivity index (χ3n) is 6.74.